The molecule has 0 radical (unpaired) electrons. The van der Waals surface area contributed by atoms with Crippen LogP contribution in [0.4, 0.5) is 4.39 Å². The summed E-state index contributed by atoms with van der Waals surface area (Å²) in [7, 11) is 0. The van der Waals surface area contributed by atoms with Gasteiger partial charge in [0.2, 0.25) is 0 Å². The Labute approximate surface area is 90.6 Å². The summed E-state index contributed by atoms with van der Waals surface area (Å²) >= 11 is 0. The minimum absolute atomic E-state index is 0.410. The average Bonchev–Trinajstić information content (AvgIpc) is 2.25. The zero-order chi connectivity index (χ0) is 11.1. The summed E-state index contributed by atoms with van der Waals surface area (Å²) in [4.78, 5) is 0. The fourth-order valence-corrected chi connectivity index (χ4v) is 1.27. The molecule has 0 atom stereocenters. The van der Waals surface area contributed by atoms with E-state index < -0.39 is 5.83 Å². The van der Waals surface area contributed by atoms with Gasteiger partial charge in [-0.25, -0.2) is 4.39 Å². The molecule has 0 saturated heterocycles. The highest BCUT2D eigenvalue weighted by Gasteiger charge is 1.97. The lowest BCUT2D eigenvalue weighted by molar-refractivity contribution is 0.306. The van der Waals surface area contributed by atoms with Crippen LogP contribution >= 0.6 is 0 Å². The van der Waals surface area contributed by atoms with E-state index in [4.69, 9.17) is 4.74 Å². The largest absolute Gasteiger partial charge is 0.494 e. The third-order valence-corrected chi connectivity index (χ3v) is 2.18. The van der Waals surface area contributed by atoms with Crippen molar-refractivity contribution < 1.29 is 9.13 Å². The Kier molecular flexibility index (Phi) is 4.88. The van der Waals surface area contributed by atoms with Crippen molar-refractivity contribution in [1.82, 2.24) is 0 Å². The Balaban J connectivity index is 2.39. The van der Waals surface area contributed by atoms with E-state index in [2.05, 4.69) is 13.5 Å². The second-order valence-electron chi connectivity index (χ2n) is 3.48. The first-order chi connectivity index (χ1) is 7.24. The van der Waals surface area contributed by atoms with Crippen LogP contribution in [-0.2, 0) is 0 Å². The fourth-order valence-electron chi connectivity index (χ4n) is 1.27. The summed E-state index contributed by atoms with van der Waals surface area (Å²) in [6.07, 6.45) is 3.43. The Morgan fingerprint density at radius 2 is 1.93 bits per heavy atom. The third-order valence-electron chi connectivity index (χ3n) is 2.18. The summed E-state index contributed by atoms with van der Waals surface area (Å²) in [5.74, 6) is 0.378. The predicted molar refractivity (Wildman–Crippen MR) is 61.6 cm³/mol. The Morgan fingerprint density at radius 1 is 1.27 bits per heavy atom. The molecule has 0 bridgehead atoms. The van der Waals surface area contributed by atoms with Crippen molar-refractivity contribution in [2.45, 2.75) is 26.2 Å². The Hall–Kier alpha value is -1.31. The number of ether oxygens (including phenoxy) is 1. The van der Waals surface area contributed by atoms with E-state index in [9.17, 15) is 4.39 Å². The number of unbranched alkanes of at least 4 members (excludes halogenated alkanes) is 2. The summed E-state index contributed by atoms with van der Waals surface area (Å²) < 4.78 is 18.2. The van der Waals surface area contributed by atoms with Crippen molar-refractivity contribution in [3.63, 3.8) is 0 Å². The molecule has 1 aromatic rings. The van der Waals surface area contributed by atoms with Gasteiger partial charge in [-0.3, -0.25) is 0 Å². The molecule has 0 aliphatic carbocycles. The fraction of sp³-hybridized carbons (Fsp3) is 0.385. The summed E-state index contributed by atoms with van der Waals surface area (Å²) in [6, 6.07) is 6.90. The number of hydrogen-bond donors (Lipinski definition) is 0. The maximum absolute atomic E-state index is 12.7. The van der Waals surface area contributed by atoms with Crippen LogP contribution in [0, 0.1) is 0 Å². The van der Waals surface area contributed by atoms with Crippen LogP contribution in [0.1, 0.15) is 31.7 Å². The highest BCUT2D eigenvalue weighted by atomic mass is 19.1. The summed E-state index contributed by atoms with van der Waals surface area (Å²) in [5, 5.41) is 0. The quantitative estimate of drug-likeness (QED) is 0.637. The van der Waals surface area contributed by atoms with Crippen molar-refractivity contribution in [2.24, 2.45) is 0 Å². The van der Waals surface area contributed by atoms with Crippen LogP contribution in [0.5, 0.6) is 5.75 Å². The molecule has 0 fully saturated rings. The van der Waals surface area contributed by atoms with E-state index in [0.29, 0.717) is 5.56 Å². The van der Waals surface area contributed by atoms with E-state index in [0.717, 1.165) is 18.8 Å². The molecular weight excluding hydrogens is 191 g/mol. The van der Waals surface area contributed by atoms with Crippen molar-refractivity contribution in [2.75, 3.05) is 6.61 Å². The lowest BCUT2D eigenvalue weighted by Crippen LogP contribution is -1.96. The van der Waals surface area contributed by atoms with Gasteiger partial charge < -0.3 is 4.74 Å². The van der Waals surface area contributed by atoms with Gasteiger partial charge in [0.15, 0.2) is 0 Å². The highest BCUT2D eigenvalue weighted by Crippen LogP contribution is 2.18. The molecule has 2 heteroatoms. The third kappa shape index (κ3) is 4.15. The van der Waals surface area contributed by atoms with Crippen LogP contribution in [-0.4, -0.2) is 6.61 Å². The molecule has 0 aliphatic rings. The van der Waals surface area contributed by atoms with Crippen molar-refractivity contribution >= 4 is 5.83 Å². The number of benzene rings is 1. The molecule has 0 spiro atoms. The van der Waals surface area contributed by atoms with Crippen molar-refractivity contribution in [3.05, 3.63) is 36.4 Å². The molecular formula is C13H17FO. The molecule has 1 aromatic carbocycles. The van der Waals surface area contributed by atoms with Crippen LogP contribution < -0.4 is 4.74 Å². The first-order valence-corrected chi connectivity index (χ1v) is 5.31. The zero-order valence-electron chi connectivity index (χ0n) is 9.13. The topological polar surface area (TPSA) is 9.23 Å². The van der Waals surface area contributed by atoms with Gasteiger partial charge >= 0.3 is 0 Å². The van der Waals surface area contributed by atoms with Gasteiger partial charge in [-0.2, -0.15) is 0 Å². The number of rotatable bonds is 6. The number of hydrogen-bond acceptors (Lipinski definition) is 1. The molecule has 15 heavy (non-hydrogen) atoms. The highest BCUT2D eigenvalue weighted by molar-refractivity contribution is 5.57. The summed E-state index contributed by atoms with van der Waals surface area (Å²) in [6.45, 7) is 6.11. The SMILES string of the molecule is C=C(F)c1ccc(OCCCCC)cc1. The first-order valence-electron chi connectivity index (χ1n) is 5.31. The van der Waals surface area contributed by atoms with E-state index in [1.54, 1.807) is 24.3 Å². The molecule has 0 N–H and O–H groups in total. The van der Waals surface area contributed by atoms with Gasteiger partial charge in [0.1, 0.15) is 11.6 Å². The average molecular weight is 208 g/mol. The maximum atomic E-state index is 12.7. The normalized spacial score (nSPS) is 10.0. The molecule has 0 heterocycles. The number of halogens is 1. The zero-order valence-corrected chi connectivity index (χ0v) is 9.13. The van der Waals surface area contributed by atoms with Crippen molar-refractivity contribution in [3.8, 4) is 5.75 Å². The smallest absolute Gasteiger partial charge is 0.123 e. The van der Waals surface area contributed by atoms with Gasteiger partial charge in [-0.15, -0.1) is 0 Å². The minimum Gasteiger partial charge on any atom is -0.494 e. The molecule has 0 aromatic heterocycles. The van der Waals surface area contributed by atoms with Gasteiger partial charge in [0.25, 0.3) is 0 Å². The van der Waals surface area contributed by atoms with Gasteiger partial charge in [-0.1, -0.05) is 26.3 Å². The van der Waals surface area contributed by atoms with Gasteiger partial charge in [0, 0.05) is 5.56 Å². The lowest BCUT2D eigenvalue weighted by Gasteiger charge is -2.05. The summed E-state index contributed by atoms with van der Waals surface area (Å²) in [5.41, 5.74) is 0.510. The van der Waals surface area contributed by atoms with Crippen LogP contribution in [0.15, 0.2) is 30.8 Å². The minimum atomic E-state index is -0.410. The molecule has 0 unspecified atom stereocenters. The molecule has 1 rings (SSSR count). The van der Waals surface area contributed by atoms with Crippen molar-refractivity contribution in [1.29, 1.82) is 0 Å². The van der Waals surface area contributed by atoms with Gasteiger partial charge in [-0.05, 0) is 30.7 Å². The second kappa shape index (κ2) is 6.23. The van der Waals surface area contributed by atoms with Crippen LogP contribution in [0.25, 0.3) is 5.83 Å². The van der Waals surface area contributed by atoms with E-state index >= 15 is 0 Å². The maximum Gasteiger partial charge on any atom is 0.123 e. The second-order valence-corrected chi connectivity index (χ2v) is 3.48. The van der Waals surface area contributed by atoms with Crippen LogP contribution in [0.3, 0.4) is 0 Å². The Morgan fingerprint density at radius 3 is 2.47 bits per heavy atom. The molecule has 82 valence electrons. The Bertz CT molecular complexity index is 303. The van der Waals surface area contributed by atoms with Gasteiger partial charge in [0.05, 0.1) is 6.61 Å². The predicted octanol–water partition coefficient (Wildman–Crippen LogP) is 4.20. The van der Waals surface area contributed by atoms with Crippen LogP contribution in [0.2, 0.25) is 0 Å². The standard InChI is InChI=1S/C13H17FO/c1-3-4-5-10-15-13-8-6-12(7-9-13)11(2)14/h6-9H,2-5,10H2,1H3. The van der Waals surface area contributed by atoms with E-state index in [1.165, 1.54) is 12.8 Å². The molecule has 1 nitrogen and oxygen atoms in total. The molecule has 0 aliphatic heterocycles. The molecule has 0 amide bonds. The molecule has 0 saturated carbocycles. The lowest BCUT2D eigenvalue weighted by atomic mass is 10.2. The first kappa shape index (κ1) is 11.8. The van der Waals surface area contributed by atoms with E-state index in [-0.39, 0.29) is 0 Å². The monoisotopic (exact) mass is 208 g/mol. The van der Waals surface area contributed by atoms with E-state index in [1.807, 2.05) is 0 Å².